The van der Waals surface area contributed by atoms with Gasteiger partial charge in [-0.2, -0.15) is 21.6 Å². The maximum absolute atomic E-state index is 12.6. The van der Waals surface area contributed by atoms with Gasteiger partial charge in [-0.1, -0.05) is 12.1 Å². The Kier molecular flexibility index (Phi) is 3.52. The Morgan fingerprint density at radius 2 is 1.74 bits per heavy atom. The molecule has 0 bridgehead atoms. The predicted octanol–water partition coefficient (Wildman–Crippen LogP) is 3.55. The smallest absolute Gasteiger partial charge is 0.454 e. The third-order valence-corrected chi connectivity index (χ3v) is 3.89. The molecule has 0 atom stereocenters. The highest BCUT2D eigenvalue weighted by Gasteiger charge is 2.49. The molecule has 0 amide bonds. The molecule has 2 heterocycles. The molecule has 0 spiro atoms. The van der Waals surface area contributed by atoms with Gasteiger partial charge in [-0.05, 0) is 24.3 Å². The average Bonchev–Trinajstić information content (AvgIpc) is 2.62. The van der Waals surface area contributed by atoms with Crippen LogP contribution in [0.5, 0.6) is 11.5 Å². The second kappa shape index (κ2) is 5.27. The normalized spacial score (nSPS) is 14.0. The molecule has 2 aromatic rings. The molecule has 5 nitrogen and oxygen atoms in total. The number of rotatable bonds is 2. The summed E-state index contributed by atoms with van der Waals surface area (Å²) in [5.74, 6) is -0.0961. The van der Waals surface area contributed by atoms with Crippen molar-refractivity contribution in [1.29, 1.82) is 0 Å². The number of hydrogen-bond acceptors (Lipinski definition) is 5. The van der Waals surface area contributed by atoms with Crippen LogP contribution in [0.3, 0.4) is 0 Å². The van der Waals surface area contributed by atoms with E-state index < -0.39 is 21.4 Å². The molecule has 1 aliphatic rings. The third kappa shape index (κ3) is 2.87. The van der Waals surface area contributed by atoms with Crippen LogP contribution in [0.4, 0.5) is 13.2 Å². The lowest BCUT2D eigenvalue weighted by Crippen LogP contribution is -2.25. The van der Waals surface area contributed by atoms with Crippen LogP contribution >= 0.6 is 0 Å². The van der Waals surface area contributed by atoms with Crippen LogP contribution in [0.15, 0.2) is 42.6 Å². The van der Waals surface area contributed by atoms with E-state index in [2.05, 4.69) is 9.17 Å². The first-order valence-corrected chi connectivity index (χ1v) is 7.63. The van der Waals surface area contributed by atoms with E-state index in [0.717, 1.165) is 6.08 Å². The van der Waals surface area contributed by atoms with E-state index in [9.17, 15) is 21.6 Å². The second-order valence-corrected chi connectivity index (χ2v) is 6.01. The standard InChI is InChI=1S/C14H8F3NO4S/c15-14(16,17)23(19,20)22-13-8-10-12(6-3-7-18-10)21-11-5-2-1-4-9(11)13/h1-8H. The number of ether oxygens (including phenoxy) is 1. The number of para-hydroxylation sites is 1. The molecular weight excluding hydrogens is 335 g/mol. The highest BCUT2D eigenvalue weighted by atomic mass is 32.2. The minimum atomic E-state index is -5.81. The van der Waals surface area contributed by atoms with Crippen LogP contribution in [0, 0.1) is 0 Å². The molecule has 1 aromatic carbocycles. The molecule has 3 rings (SSSR count). The van der Waals surface area contributed by atoms with E-state index >= 15 is 0 Å². The van der Waals surface area contributed by atoms with Gasteiger partial charge in [0.15, 0.2) is 11.5 Å². The number of nitrogens with zero attached hydrogens (tertiary/aromatic N) is 1. The Bertz CT molecular complexity index is 891. The molecule has 0 saturated heterocycles. The molecule has 0 unspecified atom stereocenters. The van der Waals surface area contributed by atoms with Gasteiger partial charge >= 0.3 is 15.6 Å². The quantitative estimate of drug-likeness (QED) is 0.616. The highest BCUT2D eigenvalue weighted by Crippen LogP contribution is 2.39. The Morgan fingerprint density at radius 1 is 1.04 bits per heavy atom. The molecule has 0 fully saturated rings. The maximum Gasteiger partial charge on any atom is 0.534 e. The Hall–Kier alpha value is -2.55. The molecule has 1 aromatic heterocycles. The Balaban J connectivity index is 2.16. The molecule has 0 radical (unpaired) electrons. The van der Waals surface area contributed by atoms with E-state index in [4.69, 9.17) is 4.74 Å². The van der Waals surface area contributed by atoms with Crippen molar-refractivity contribution in [2.75, 3.05) is 0 Å². The SMILES string of the molecule is O=S(=O)(OC1=Cc2ncccc2Oc2ccccc21)C(F)(F)F. The van der Waals surface area contributed by atoms with E-state index in [1.54, 1.807) is 18.2 Å². The van der Waals surface area contributed by atoms with E-state index in [0.29, 0.717) is 0 Å². The molecule has 0 saturated carbocycles. The summed E-state index contributed by atoms with van der Waals surface area (Å²) in [5, 5.41) is 0. The minimum absolute atomic E-state index is 0.0679. The molecule has 0 N–H and O–H groups in total. The van der Waals surface area contributed by atoms with Gasteiger partial charge in [0.25, 0.3) is 0 Å². The fourth-order valence-corrected chi connectivity index (χ4v) is 2.38. The Labute approximate surface area is 129 Å². The molecule has 0 aliphatic carbocycles. The second-order valence-electron chi connectivity index (χ2n) is 4.48. The van der Waals surface area contributed by atoms with Crippen LogP contribution in [-0.2, 0) is 14.3 Å². The van der Waals surface area contributed by atoms with Gasteiger partial charge in [-0.3, -0.25) is 4.98 Å². The topological polar surface area (TPSA) is 65.5 Å². The monoisotopic (exact) mass is 343 g/mol. The number of benzene rings is 1. The van der Waals surface area contributed by atoms with Gasteiger partial charge in [0, 0.05) is 12.3 Å². The summed E-state index contributed by atoms with van der Waals surface area (Å²) in [7, 11) is -5.81. The van der Waals surface area contributed by atoms with E-state index in [1.807, 2.05) is 0 Å². The zero-order valence-electron chi connectivity index (χ0n) is 11.2. The van der Waals surface area contributed by atoms with E-state index in [-0.39, 0.29) is 22.8 Å². The first-order chi connectivity index (χ1) is 10.8. The summed E-state index contributed by atoms with van der Waals surface area (Å²) >= 11 is 0. The van der Waals surface area contributed by atoms with Crippen LogP contribution in [0.1, 0.15) is 11.3 Å². The van der Waals surface area contributed by atoms with Crippen LogP contribution in [0.25, 0.3) is 11.8 Å². The van der Waals surface area contributed by atoms with Crippen LogP contribution in [0.2, 0.25) is 0 Å². The van der Waals surface area contributed by atoms with Gasteiger partial charge in [0.2, 0.25) is 0 Å². The maximum atomic E-state index is 12.6. The lowest BCUT2D eigenvalue weighted by Gasteiger charge is -2.13. The van der Waals surface area contributed by atoms with Crippen molar-refractivity contribution in [3.63, 3.8) is 0 Å². The minimum Gasteiger partial charge on any atom is -0.454 e. The summed E-state index contributed by atoms with van der Waals surface area (Å²) in [4.78, 5) is 3.95. The zero-order chi connectivity index (χ0) is 16.7. The first-order valence-electron chi connectivity index (χ1n) is 6.23. The number of fused-ring (bicyclic) bond motifs is 2. The van der Waals surface area contributed by atoms with E-state index in [1.165, 1.54) is 24.4 Å². The lowest BCUT2D eigenvalue weighted by atomic mass is 10.1. The molecule has 9 heteroatoms. The van der Waals surface area contributed by atoms with Crippen LogP contribution in [-0.4, -0.2) is 18.9 Å². The molecule has 23 heavy (non-hydrogen) atoms. The molecule has 1 aliphatic heterocycles. The van der Waals surface area contributed by atoms with Gasteiger partial charge in [-0.25, -0.2) is 0 Å². The number of hydrogen-bond donors (Lipinski definition) is 0. The van der Waals surface area contributed by atoms with Crippen molar-refractivity contribution in [3.8, 4) is 11.5 Å². The third-order valence-electron chi connectivity index (χ3n) is 2.92. The zero-order valence-corrected chi connectivity index (χ0v) is 12.1. The summed E-state index contributed by atoms with van der Waals surface area (Å²) < 4.78 is 70.2. The van der Waals surface area contributed by atoms with Gasteiger partial charge in [0.05, 0.1) is 5.56 Å². The van der Waals surface area contributed by atoms with Crippen molar-refractivity contribution in [1.82, 2.24) is 4.98 Å². The van der Waals surface area contributed by atoms with Crippen LogP contribution < -0.4 is 4.74 Å². The molecular formula is C14H8F3NO4S. The number of alkyl halides is 3. The largest absolute Gasteiger partial charge is 0.534 e. The molecule has 120 valence electrons. The van der Waals surface area contributed by atoms with Crippen molar-refractivity contribution < 1.29 is 30.5 Å². The van der Waals surface area contributed by atoms with Gasteiger partial charge < -0.3 is 8.92 Å². The summed E-state index contributed by atoms with van der Waals surface area (Å²) in [6, 6.07) is 9.11. The first kappa shape index (κ1) is 15.3. The average molecular weight is 343 g/mol. The summed E-state index contributed by atoms with van der Waals surface area (Å²) in [6.07, 6.45) is 2.48. The van der Waals surface area contributed by atoms with Crippen molar-refractivity contribution in [2.45, 2.75) is 5.51 Å². The van der Waals surface area contributed by atoms with Crippen molar-refractivity contribution in [3.05, 3.63) is 53.9 Å². The highest BCUT2D eigenvalue weighted by molar-refractivity contribution is 7.87. The fourth-order valence-electron chi connectivity index (χ4n) is 1.91. The lowest BCUT2D eigenvalue weighted by molar-refractivity contribution is -0.0509. The Morgan fingerprint density at radius 3 is 2.48 bits per heavy atom. The summed E-state index contributed by atoms with van der Waals surface area (Å²) in [6.45, 7) is 0. The number of halogens is 3. The van der Waals surface area contributed by atoms with Crippen molar-refractivity contribution >= 4 is 22.0 Å². The fraction of sp³-hybridized carbons (Fsp3) is 0.0714. The van der Waals surface area contributed by atoms with Gasteiger partial charge in [-0.15, -0.1) is 0 Å². The van der Waals surface area contributed by atoms with Crippen molar-refractivity contribution in [2.24, 2.45) is 0 Å². The number of aromatic nitrogens is 1. The summed E-state index contributed by atoms with van der Waals surface area (Å²) in [5.41, 5.74) is -5.32. The number of pyridine rings is 1. The predicted molar refractivity (Wildman–Crippen MR) is 74.7 cm³/mol. The van der Waals surface area contributed by atoms with Gasteiger partial charge in [0.1, 0.15) is 11.4 Å².